The Labute approximate surface area is 171 Å². The lowest BCUT2D eigenvalue weighted by atomic mass is 10.1. The van der Waals surface area contributed by atoms with Gasteiger partial charge in [0.1, 0.15) is 5.52 Å². The monoisotopic (exact) mass is 383 g/mol. The first kappa shape index (κ1) is 17.7. The van der Waals surface area contributed by atoms with Crippen molar-refractivity contribution in [1.29, 1.82) is 0 Å². The van der Waals surface area contributed by atoms with Crippen molar-refractivity contribution in [2.75, 3.05) is 36.0 Å². The molecule has 0 amide bonds. The van der Waals surface area contributed by atoms with E-state index in [1.54, 1.807) is 0 Å². The van der Waals surface area contributed by atoms with E-state index in [-0.39, 0.29) is 0 Å². The van der Waals surface area contributed by atoms with Crippen molar-refractivity contribution in [1.82, 2.24) is 14.6 Å². The number of anilines is 2. The molecule has 5 heteroatoms. The molecule has 1 aliphatic heterocycles. The van der Waals surface area contributed by atoms with Crippen molar-refractivity contribution >= 4 is 17.0 Å². The van der Waals surface area contributed by atoms with Crippen LogP contribution in [0.2, 0.25) is 0 Å². The number of aromatic nitrogens is 3. The molecule has 5 rings (SSSR count). The lowest BCUT2D eigenvalue weighted by molar-refractivity contribution is 0.647. The molecule has 0 atom stereocenters. The van der Waals surface area contributed by atoms with Crippen LogP contribution in [0.25, 0.3) is 16.8 Å². The molecular weight excluding hydrogens is 358 g/mol. The van der Waals surface area contributed by atoms with Crippen molar-refractivity contribution in [3.05, 3.63) is 78.1 Å². The topological polar surface area (TPSA) is 36.7 Å². The van der Waals surface area contributed by atoms with Crippen LogP contribution in [0.5, 0.6) is 0 Å². The summed E-state index contributed by atoms with van der Waals surface area (Å²) in [5, 5.41) is 4.81. The van der Waals surface area contributed by atoms with Crippen molar-refractivity contribution in [2.24, 2.45) is 0 Å². The van der Waals surface area contributed by atoms with E-state index in [0.717, 1.165) is 43.2 Å². The van der Waals surface area contributed by atoms with E-state index < -0.39 is 0 Å². The summed E-state index contributed by atoms with van der Waals surface area (Å²) in [6.07, 6.45) is 3.79. The van der Waals surface area contributed by atoms with Crippen LogP contribution in [0.3, 0.4) is 0 Å². The fourth-order valence-electron chi connectivity index (χ4n) is 4.14. The summed E-state index contributed by atoms with van der Waals surface area (Å²) in [5.74, 6) is 1.02. The highest BCUT2D eigenvalue weighted by Crippen LogP contribution is 2.28. The Balaban J connectivity index is 1.42. The van der Waals surface area contributed by atoms with Crippen LogP contribution in [0.4, 0.5) is 11.5 Å². The van der Waals surface area contributed by atoms with E-state index in [4.69, 9.17) is 10.1 Å². The maximum atomic E-state index is 4.81. The van der Waals surface area contributed by atoms with Crippen molar-refractivity contribution in [3.8, 4) is 11.3 Å². The number of hydrogen-bond donors (Lipinski definition) is 0. The average Bonchev–Trinajstić information content (AvgIpc) is 3.18. The van der Waals surface area contributed by atoms with Gasteiger partial charge in [0.15, 0.2) is 5.82 Å². The zero-order valence-electron chi connectivity index (χ0n) is 16.9. The average molecular weight is 383 g/mol. The van der Waals surface area contributed by atoms with Gasteiger partial charge in [0, 0.05) is 49.8 Å². The number of aryl methyl sites for hydroxylation is 2. The minimum Gasteiger partial charge on any atom is -0.368 e. The van der Waals surface area contributed by atoms with E-state index in [1.165, 1.54) is 22.4 Å². The number of benzene rings is 2. The maximum Gasteiger partial charge on any atom is 0.154 e. The Kier molecular flexibility index (Phi) is 4.43. The standard InChI is InChI=1S/C24H25N5/c1-18-6-5-8-20(16-18)27-12-14-28(15-13-27)24-23-17-22(26-29(23)11-10-25-24)21-9-4-3-7-19(21)2/h3-11,16-17H,12-15H2,1-2H3. The van der Waals surface area contributed by atoms with E-state index in [0.29, 0.717) is 0 Å². The molecule has 0 unspecified atom stereocenters. The van der Waals surface area contributed by atoms with Gasteiger partial charge in [-0.2, -0.15) is 5.10 Å². The summed E-state index contributed by atoms with van der Waals surface area (Å²) in [6, 6.07) is 19.3. The predicted molar refractivity (Wildman–Crippen MR) is 119 cm³/mol. The summed E-state index contributed by atoms with van der Waals surface area (Å²) in [6.45, 7) is 8.16. The second kappa shape index (κ2) is 7.24. The quantitative estimate of drug-likeness (QED) is 0.527. The Morgan fingerprint density at radius 2 is 1.62 bits per heavy atom. The van der Waals surface area contributed by atoms with Gasteiger partial charge in [-0.3, -0.25) is 0 Å². The summed E-state index contributed by atoms with van der Waals surface area (Å²) < 4.78 is 1.96. The normalized spacial score (nSPS) is 14.6. The molecule has 3 heterocycles. The second-order valence-corrected chi connectivity index (χ2v) is 7.74. The summed E-state index contributed by atoms with van der Waals surface area (Å²) in [7, 11) is 0. The number of fused-ring (bicyclic) bond motifs is 1. The Morgan fingerprint density at radius 1 is 0.828 bits per heavy atom. The third-order valence-electron chi connectivity index (χ3n) is 5.74. The van der Waals surface area contributed by atoms with Crippen molar-refractivity contribution in [3.63, 3.8) is 0 Å². The molecule has 1 saturated heterocycles. The molecule has 5 nitrogen and oxygen atoms in total. The molecule has 29 heavy (non-hydrogen) atoms. The van der Waals surface area contributed by atoms with Crippen molar-refractivity contribution in [2.45, 2.75) is 13.8 Å². The van der Waals surface area contributed by atoms with Crippen LogP contribution < -0.4 is 9.80 Å². The maximum absolute atomic E-state index is 4.81. The third-order valence-corrected chi connectivity index (χ3v) is 5.74. The fraction of sp³-hybridized carbons (Fsp3) is 0.250. The summed E-state index contributed by atoms with van der Waals surface area (Å²) in [4.78, 5) is 9.56. The van der Waals surface area contributed by atoms with Crippen LogP contribution >= 0.6 is 0 Å². The van der Waals surface area contributed by atoms with Gasteiger partial charge in [-0.1, -0.05) is 36.4 Å². The van der Waals surface area contributed by atoms with E-state index in [1.807, 2.05) is 16.9 Å². The molecule has 0 bridgehead atoms. The predicted octanol–water partition coefficient (Wildman–Crippen LogP) is 4.34. The molecular formula is C24H25N5. The first-order valence-electron chi connectivity index (χ1n) is 10.2. The molecule has 1 aliphatic rings. The number of hydrogen-bond acceptors (Lipinski definition) is 4. The molecule has 1 fully saturated rings. The minimum atomic E-state index is 0.950. The second-order valence-electron chi connectivity index (χ2n) is 7.74. The van der Waals surface area contributed by atoms with Gasteiger partial charge in [0.25, 0.3) is 0 Å². The third kappa shape index (κ3) is 3.33. The smallest absolute Gasteiger partial charge is 0.154 e. The number of rotatable bonds is 3. The molecule has 2 aromatic heterocycles. The van der Waals surface area contributed by atoms with Crippen LogP contribution in [-0.2, 0) is 0 Å². The molecule has 4 aromatic rings. The summed E-state index contributed by atoms with van der Waals surface area (Å²) in [5.41, 5.74) is 7.08. The highest BCUT2D eigenvalue weighted by molar-refractivity contribution is 5.76. The fourth-order valence-corrected chi connectivity index (χ4v) is 4.14. The highest BCUT2D eigenvalue weighted by atomic mass is 15.3. The lowest BCUT2D eigenvalue weighted by Gasteiger charge is -2.37. The Morgan fingerprint density at radius 3 is 2.41 bits per heavy atom. The van der Waals surface area contributed by atoms with E-state index in [9.17, 15) is 0 Å². The Bertz CT molecular complexity index is 1150. The van der Waals surface area contributed by atoms with Gasteiger partial charge in [-0.25, -0.2) is 9.50 Å². The number of nitrogens with zero attached hydrogens (tertiary/aromatic N) is 5. The van der Waals surface area contributed by atoms with Crippen LogP contribution in [0.15, 0.2) is 67.0 Å². The van der Waals surface area contributed by atoms with Gasteiger partial charge in [0.05, 0.1) is 5.69 Å². The molecule has 0 spiro atoms. The van der Waals surface area contributed by atoms with E-state index in [2.05, 4.69) is 78.2 Å². The highest BCUT2D eigenvalue weighted by Gasteiger charge is 2.21. The molecule has 0 aliphatic carbocycles. The molecule has 0 saturated carbocycles. The first-order valence-corrected chi connectivity index (χ1v) is 10.2. The van der Waals surface area contributed by atoms with E-state index >= 15 is 0 Å². The minimum absolute atomic E-state index is 0.950. The lowest BCUT2D eigenvalue weighted by Crippen LogP contribution is -2.47. The van der Waals surface area contributed by atoms with Gasteiger partial charge in [0.2, 0.25) is 0 Å². The van der Waals surface area contributed by atoms with Gasteiger partial charge in [-0.05, 0) is 43.2 Å². The van der Waals surface area contributed by atoms with Crippen LogP contribution in [0.1, 0.15) is 11.1 Å². The van der Waals surface area contributed by atoms with Gasteiger partial charge >= 0.3 is 0 Å². The van der Waals surface area contributed by atoms with Crippen LogP contribution in [-0.4, -0.2) is 40.8 Å². The first-order chi connectivity index (χ1) is 14.2. The summed E-state index contributed by atoms with van der Waals surface area (Å²) >= 11 is 0. The van der Waals surface area contributed by atoms with Crippen LogP contribution in [0, 0.1) is 13.8 Å². The molecule has 0 radical (unpaired) electrons. The molecule has 2 aromatic carbocycles. The molecule has 0 N–H and O–H groups in total. The zero-order chi connectivity index (χ0) is 19.8. The van der Waals surface area contributed by atoms with Gasteiger partial charge in [-0.15, -0.1) is 0 Å². The zero-order valence-corrected chi connectivity index (χ0v) is 16.9. The number of piperazine rings is 1. The molecule has 146 valence electrons. The van der Waals surface area contributed by atoms with Crippen molar-refractivity contribution < 1.29 is 0 Å². The SMILES string of the molecule is Cc1cccc(N2CCN(c3nccn4nc(-c5ccccc5C)cc34)CC2)c1. The largest absolute Gasteiger partial charge is 0.368 e. The van der Waals surface area contributed by atoms with Gasteiger partial charge < -0.3 is 9.80 Å². The Hall–Kier alpha value is -3.34.